The van der Waals surface area contributed by atoms with Crippen LogP contribution in [0.15, 0.2) is 23.1 Å². The van der Waals surface area contributed by atoms with Crippen LogP contribution >= 0.6 is 11.6 Å². The molecule has 2 rings (SSSR count). The van der Waals surface area contributed by atoms with Crippen LogP contribution in [0.2, 0.25) is 5.02 Å². The zero-order chi connectivity index (χ0) is 14.9. The van der Waals surface area contributed by atoms with Crippen molar-refractivity contribution in [3.63, 3.8) is 0 Å². The van der Waals surface area contributed by atoms with Gasteiger partial charge in [-0.3, -0.25) is 0 Å². The Morgan fingerprint density at radius 1 is 1.30 bits per heavy atom. The fourth-order valence-corrected chi connectivity index (χ4v) is 4.34. The van der Waals surface area contributed by atoms with Crippen molar-refractivity contribution < 1.29 is 8.42 Å². The molecule has 1 aliphatic heterocycles. The zero-order valence-corrected chi connectivity index (χ0v) is 13.4. The average molecular weight is 317 g/mol. The number of anilines is 1. The quantitative estimate of drug-likeness (QED) is 0.872. The van der Waals surface area contributed by atoms with Gasteiger partial charge in [0, 0.05) is 13.1 Å². The maximum atomic E-state index is 12.6. The van der Waals surface area contributed by atoms with Gasteiger partial charge in [-0.05, 0) is 42.9 Å². The van der Waals surface area contributed by atoms with Gasteiger partial charge in [0.15, 0.2) is 0 Å². The molecule has 4 nitrogen and oxygen atoms in total. The summed E-state index contributed by atoms with van der Waals surface area (Å²) in [6.07, 6.45) is 1.83. The van der Waals surface area contributed by atoms with Crippen molar-refractivity contribution in [1.29, 1.82) is 0 Å². The lowest BCUT2D eigenvalue weighted by molar-refractivity contribution is 0.226. The second kappa shape index (κ2) is 5.92. The summed E-state index contributed by atoms with van der Waals surface area (Å²) in [5, 5.41) is 0.281. The lowest BCUT2D eigenvalue weighted by Gasteiger charge is -2.33. The van der Waals surface area contributed by atoms with E-state index in [1.165, 1.54) is 18.2 Å². The summed E-state index contributed by atoms with van der Waals surface area (Å²) < 4.78 is 26.7. The Labute approximate surface area is 126 Å². The monoisotopic (exact) mass is 316 g/mol. The minimum absolute atomic E-state index is 0.222. The van der Waals surface area contributed by atoms with Crippen LogP contribution in [-0.2, 0) is 10.0 Å². The first-order chi connectivity index (χ1) is 9.32. The molecule has 20 heavy (non-hydrogen) atoms. The molecule has 1 heterocycles. The Balaban J connectivity index is 2.17. The minimum Gasteiger partial charge on any atom is -0.398 e. The van der Waals surface area contributed by atoms with E-state index in [0.717, 1.165) is 12.8 Å². The van der Waals surface area contributed by atoms with Gasteiger partial charge in [-0.25, -0.2) is 8.42 Å². The lowest BCUT2D eigenvalue weighted by Crippen LogP contribution is -2.39. The fourth-order valence-electron chi connectivity index (χ4n) is 2.60. The highest BCUT2D eigenvalue weighted by Crippen LogP contribution is 2.29. The first kappa shape index (κ1) is 15.6. The van der Waals surface area contributed by atoms with Gasteiger partial charge in [0.25, 0.3) is 0 Å². The zero-order valence-electron chi connectivity index (χ0n) is 11.8. The summed E-state index contributed by atoms with van der Waals surface area (Å²) in [6, 6.07) is 4.49. The van der Waals surface area contributed by atoms with Crippen molar-refractivity contribution in [2.75, 3.05) is 18.8 Å². The molecule has 0 aliphatic carbocycles. The SMILES string of the molecule is CC(C)C1CCN(S(=O)(=O)c2ccc(N)c(Cl)c2)CC1. The summed E-state index contributed by atoms with van der Waals surface area (Å²) >= 11 is 5.92. The fraction of sp³-hybridized carbons (Fsp3) is 0.571. The lowest BCUT2D eigenvalue weighted by atomic mass is 9.87. The van der Waals surface area contributed by atoms with E-state index in [1.807, 2.05) is 0 Å². The second-order valence-corrected chi connectivity index (χ2v) is 8.01. The number of nitrogens with zero attached hydrogens (tertiary/aromatic N) is 1. The topological polar surface area (TPSA) is 63.4 Å². The number of nitrogen functional groups attached to an aromatic ring is 1. The van der Waals surface area contributed by atoms with Crippen molar-refractivity contribution >= 4 is 27.3 Å². The van der Waals surface area contributed by atoms with Crippen LogP contribution in [0.5, 0.6) is 0 Å². The first-order valence-electron chi connectivity index (χ1n) is 6.87. The molecule has 0 saturated carbocycles. The molecule has 1 aromatic rings. The molecule has 1 fully saturated rings. The molecule has 112 valence electrons. The molecule has 6 heteroatoms. The summed E-state index contributed by atoms with van der Waals surface area (Å²) in [6.45, 7) is 5.53. The van der Waals surface area contributed by atoms with Gasteiger partial charge in [-0.15, -0.1) is 0 Å². The molecular weight excluding hydrogens is 296 g/mol. The number of rotatable bonds is 3. The van der Waals surface area contributed by atoms with E-state index in [9.17, 15) is 8.42 Å². The Bertz CT molecular complexity index is 579. The third-order valence-corrected chi connectivity index (χ3v) is 6.27. The third-order valence-electron chi connectivity index (χ3n) is 4.05. The number of nitrogens with two attached hydrogens (primary N) is 1. The Morgan fingerprint density at radius 3 is 2.40 bits per heavy atom. The van der Waals surface area contributed by atoms with E-state index < -0.39 is 10.0 Å². The minimum atomic E-state index is -3.46. The van der Waals surface area contributed by atoms with Crippen molar-refractivity contribution in [3.05, 3.63) is 23.2 Å². The van der Waals surface area contributed by atoms with E-state index >= 15 is 0 Å². The third kappa shape index (κ3) is 3.10. The van der Waals surface area contributed by atoms with E-state index in [1.54, 1.807) is 4.31 Å². The van der Waals surface area contributed by atoms with E-state index in [0.29, 0.717) is 30.6 Å². The number of hydrogen-bond donors (Lipinski definition) is 1. The standard InChI is InChI=1S/C14H21ClN2O2S/c1-10(2)11-5-7-17(8-6-11)20(18,19)12-3-4-14(16)13(15)9-12/h3-4,9-11H,5-8,16H2,1-2H3. The molecule has 2 N–H and O–H groups in total. The van der Waals surface area contributed by atoms with Crippen molar-refractivity contribution in [2.45, 2.75) is 31.6 Å². The van der Waals surface area contributed by atoms with Crippen LogP contribution in [0.25, 0.3) is 0 Å². The highest BCUT2D eigenvalue weighted by Gasteiger charge is 2.30. The predicted octanol–water partition coefficient (Wildman–Crippen LogP) is 2.98. The van der Waals surface area contributed by atoms with Crippen LogP contribution in [-0.4, -0.2) is 25.8 Å². The number of sulfonamides is 1. The van der Waals surface area contributed by atoms with Crippen LogP contribution in [0, 0.1) is 11.8 Å². The molecule has 0 aromatic heterocycles. The molecule has 0 spiro atoms. The van der Waals surface area contributed by atoms with Crippen LogP contribution in [0.3, 0.4) is 0 Å². The summed E-state index contributed by atoms with van der Waals surface area (Å²) in [7, 11) is -3.46. The van der Waals surface area contributed by atoms with Crippen molar-refractivity contribution in [3.8, 4) is 0 Å². The molecule has 0 radical (unpaired) electrons. The Hall–Kier alpha value is -0.780. The van der Waals surface area contributed by atoms with E-state index in [-0.39, 0.29) is 9.92 Å². The molecule has 1 aromatic carbocycles. The van der Waals surface area contributed by atoms with Crippen molar-refractivity contribution in [1.82, 2.24) is 4.31 Å². The highest BCUT2D eigenvalue weighted by molar-refractivity contribution is 7.89. The molecule has 1 saturated heterocycles. The Kier molecular flexibility index (Phi) is 4.62. The second-order valence-electron chi connectivity index (χ2n) is 5.67. The maximum absolute atomic E-state index is 12.6. The number of hydrogen-bond acceptors (Lipinski definition) is 3. The Morgan fingerprint density at radius 2 is 1.90 bits per heavy atom. The molecule has 0 unspecified atom stereocenters. The average Bonchev–Trinajstić information content (AvgIpc) is 2.41. The number of piperidine rings is 1. The summed E-state index contributed by atoms with van der Waals surface area (Å²) in [5.41, 5.74) is 6.01. The van der Waals surface area contributed by atoms with Gasteiger partial charge >= 0.3 is 0 Å². The number of benzene rings is 1. The summed E-state index contributed by atoms with van der Waals surface area (Å²) in [4.78, 5) is 0.222. The summed E-state index contributed by atoms with van der Waals surface area (Å²) in [5.74, 6) is 1.21. The van der Waals surface area contributed by atoms with Gasteiger partial charge in [-0.2, -0.15) is 4.31 Å². The molecule has 0 bridgehead atoms. The molecule has 0 atom stereocenters. The van der Waals surface area contributed by atoms with Crippen LogP contribution < -0.4 is 5.73 Å². The van der Waals surface area contributed by atoms with Gasteiger partial charge < -0.3 is 5.73 Å². The smallest absolute Gasteiger partial charge is 0.243 e. The van der Waals surface area contributed by atoms with Crippen LogP contribution in [0.4, 0.5) is 5.69 Å². The predicted molar refractivity (Wildman–Crippen MR) is 82.2 cm³/mol. The van der Waals surface area contributed by atoms with Gasteiger partial charge in [0.1, 0.15) is 0 Å². The first-order valence-corrected chi connectivity index (χ1v) is 8.69. The highest BCUT2D eigenvalue weighted by atomic mass is 35.5. The van der Waals surface area contributed by atoms with Gasteiger partial charge in [0.2, 0.25) is 10.0 Å². The molecular formula is C14H21ClN2O2S. The van der Waals surface area contributed by atoms with E-state index in [2.05, 4.69) is 13.8 Å². The van der Waals surface area contributed by atoms with E-state index in [4.69, 9.17) is 17.3 Å². The van der Waals surface area contributed by atoms with Gasteiger partial charge in [0.05, 0.1) is 15.6 Å². The van der Waals surface area contributed by atoms with Crippen molar-refractivity contribution in [2.24, 2.45) is 11.8 Å². The largest absolute Gasteiger partial charge is 0.398 e. The maximum Gasteiger partial charge on any atom is 0.243 e. The molecule has 1 aliphatic rings. The van der Waals surface area contributed by atoms with Crippen LogP contribution in [0.1, 0.15) is 26.7 Å². The normalized spacial score (nSPS) is 18.6. The molecule has 0 amide bonds. The van der Waals surface area contributed by atoms with Gasteiger partial charge in [-0.1, -0.05) is 25.4 Å². The number of halogens is 1.